The van der Waals surface area contributed by atoms with Gasteiger partial charge in [-0.2, -0.15) is 0 Å². The standard InChI is InChI=1S/C14H19Cl2N/c1-4-11(9-17-10(2)3)7-12-5-6-13(15)14(16)8-12/h5-8,10,17H,4,9H2,1-3H3. The summed E-state index contributed by atoms with van der Waals surface area (Å²) in [5.41, 5.74) is 2.46. The minimum Gasteiger partial charge on any atom is -0.311 e. The molecular formula is C14H19Cl2N. The van der Waals surface area contributed by atoms with Crippen LogP contribution in [-0.4, -0.2) is 12.6 Å². The van der Waals surface area contributed by atoms with E-state index < -0.39 is 0 Å². The van der Waals surface area contributed by atoms with E-state index in [-0.39, 0.29) is 0 Å². The van der Waals surface area contributed by atoms with Gasteiger partial charge in [0.15, 0.2) is 0 Å². The average molecular weight is 272 g/mol. The molecule has 0 fully saturated rings. The van der Waals surface area contributed by atoms with Crippen LogP contribution in [0.25, 0.3) is 6.08 Å². The van der Waals surface area contributed by atoms with E-state index in [2.05, 4.69) is 32.2 Å². The SMILES string of the molecule is CCC(=Cc1ccc(Cl)c(Cl)c1)CNC(C)C. The zero-order valence-corrected chi connectivity index (χ0v) is 12.1. The van der Waals surface area contributed by atoms with Crippen molar-refractivity contribution in [3.05, 3.63) is 39.4 Å². The Balaban J connectivity index is 2.79. The lowest BCUT2D eigenvalue weighted by molar-refractivity contribution is 0.617. The quantitative estimate of drug-likeness (QED) is 0.813. The third-order valence-electron chi connectivity index (χ3n) is 2.51. The highest BCUT2D eigenvalue weighted by molar-refractivity contribution is 6.42. The number of nitrogens with one attached hydrogen (secondary N) is 1. The molecule has 3 heteroatoms. The first-order valence-corrected chi connectivity index (χ1v) is 6.66. The fraction of sp³-hybridized carbons (Fsp3) is 0.429. The third-order valence-corrected chi connectivity index (χ3v) is 3.24. The summed E-state index contributed by atoms with van der Waals surface area (Å²) in [6.45, 7) is 7.36. The van der Waals surface area contributed by atoms with E-state index >= 15 is 0 Å². The van der Waals surface area contributed by atoms with E-state index in [1.807, 2.05) is 18.2 Å². The molecular weight excluding hydrogens is 253 g/mol. The number of rotatable bonds is 5. The third kappa shape index (κ3) is 5.12. The zero-order valence-electron chi connectivity index (χ0n) is 10.6. The minimum atomic E-state index is 0.499. The Hall–Kier alpha value is -0.500. The highest BCUT2D eigenvalue weighted by Crippen LogP contribution is 2.23. The van der Waals surface area contributed by atoms with Gasteiger partial charge in [-0.05, 0) is 24.1 Å². The molecule has 0 amide bonds. The highest BCUT2D eigenvalue weighted by Gasteiger charge is 2.00. The van der Waals surface area contributed by atoms with Crippen LogP contribution in [0.5, 0.6) is 0 Å². The second-order valence-corrected chi connectivity index (χ2v) is 5.18. The van der Waals surface area contributed by atoms with Crippen LogP contribution >= 0.6 is 23.2 Å². The summed E-state index contributed by atoms with van der Waals surface area (Å²) >= 11 is 11.9. The molecule has 1 aromatic carbocycles. The molecule has 1 aromatic rings. The summed E-state index contributed by atoms with van der Waals surface area (Å²) in [6.07, 6.45) is 3.19. The molecule has 0 saturated heterocycles. The fourth-order valence-corrected chi connectivity index (χ4v) is 1.76. The van der Waals surface area contributed by atoms with E-state index in [1.54, 1.807) is 0 Å². The average Bonchev–Trinajstić information content (AvgIpc) is 2.28. The van der Waals surface area contributed by atoms with Crippen molar-refractivity contribution in [1.82, 2.24) is 5.32 Å². The monoisotopic (exact) mass is 271 g/mol. The normalized spacial score (nSPS) is 12.2. The first kappa shape index (κ1) is 14.6. The molecule has 94 valence electrons. The summed E-state index contributed by atoms with van der Waals surface area (Å²) < 4.78 is 0. The molecule has 0 radical (unpaired) electrons. The lowest BCUT2D eigenvalue weighted by Crippen LogP contribution is -2.24. The number of halogens is 2. The molecule has 0 aromatic heterocycles. The van der Waals surface area contributed by atoms with Crippen molar-refractivity contribution in [2.75, 3.05) is 6.54 Å². The van der Waals surface area contributed by atoms with Crippen LogP contribution in [0.1, 0.15) is 32.8 Å². The molecule has 0 atom stereocenters. The summed E-state index contributed by atoms with van der Waals surface area (Å²) in [5.74, 6) is 0. The van der Waals surface area contributed by atoms with E-state index in [4.69, 9.17) is 23.2 Å². The Morgan fingerprint density at radius 1 is 1.29 bits per heavy atom. The van der Waals surface area contributed by atoms with Crippen molar-refractivity contribution in [3.8, 4) is 0 Å². The van der Waals surface area contributed by atoms with E-state index in [0.29, 0.717) is 16.1 Å². The largest absolute Gasteiger partial charge is 0.311 e. The Morgan fingerprint density at radius 2 is 2.00 bits per heavy atom. The van der Waals surface area contributed by atoms with Crippen LogP contribution in [-0.2, 0) is 0 Å². The van der Waals surface area contributed by atoms with Crippen LogP contribution in [0.15, 0.2) is 23.8 Å². The van der Waals surface area contributed by atoms with Gasteiger partial charge in [-0.3, -0.25) is 0 Å². The van der Waals surface area contributed by atoms with Crippen molar-refractivity contribution in [1.29, 1.82) is 0 Å². The predicted molar refractivity (Wildman–Crippen MR) is 77.9 cm³/mol. The van der Waals surface area contributed by atoms with Crippen molar-refractivity contribution in [3.63, 3.8) is 0 Å². The van der Waals surface area contributed by atoms with Gasteiger partial charge in [-0.1, -0.05) is 61.7 Å². The smallest absolute Gasteiger partial charge is 0.0598 e. The summed E-state index contributed by atoms with van der Waals surface area (Å²) in [5, 5.41) is 4.62. The van der Waals surface area contributed by atoms with Gasteiger partial charge < -0.3 is 5.32 Å². The maximum atomic E-state index is 5.99. The Labute approximate surface area is 114 Å². The van der Waals surface area contributed by atoms with Gasteiger partial charge in [0.25, 0.3) is 0 Å². The van der Waals surface area contributed by atoms with Crippen LogP contribution in [0.4, 0.5) is 0 Å². The molecule has 0 bridgehead atoms. The number of hydrogen-bond donors (Lipinski definition) is 1. The molecule has 17 heavy (non-hydrogen) atoms. The molecule has 0 saturated carbocycles. The summed E-state index contributed by atoms with van der Waals surface area (Å²) in [6, 6.07) is 6.21. The molecule has 0 unspecified atom stereocenters. The lowest BCUT2D eigenvalue weighted by atomic mass is 10.1. The summed E-state index contributed by atoms with van der Waals surface area (Å²) in [4.78, 5) is 0. The molecule has 1 N–H and O–H groups in total. The predicted octanol–water partition coefficient (Wildman–Crippen LogP) is 4.78. The minimum absolute atomic E-state index is 0.499. The van der Waals surface area contributed by atoms with Crippen LogP contribution in [0, 0.1) is 0 Å². The fourth-order valence-electron chi connectivity index (χ4n) is 1.45. The zero-order chi connectivity index (χ0) is 12.8. The van der Waals surface area contributed by atoms with Crippen LogP contribution in [0.3, 0.4) is 0 Å². The number of hydrogen-bond acceptors (Lipinski definition) is 1. The molecule has 1 rings (SSSR count). The molecule has 0 aliphatic rings. The van der Waals surface area contributed by atoms with E-state index in [1.165, 1.54) is 5.57 Å². The van der Waals surface area contributed by atoms with E-state index in [9.17, 15) is 0 Å². The van der Waals surface area contributed by atoms with Gasteiger partial charge in [0.2, 0.25) is 0 Å². The second kappa shape index (κ2) is 7.05. The topological polar surface area (TPSA) is 12.0 Å². The lowest BCUT2D eigenvalue weighted by Gasteiger charge is -2.10. The molecule has 0 aliphatic carbocycles. The molecule has 0 heterocycles. The highest BCUT2D eigenvalue weighted by atomic mass is 35.5. The first-order valence-electron chi connectivity index (χ1n) is 5.90. The van der Waals surface area contributed by atoms with E-state index in [0.717, 1.165) is 18.5 Å². The first-order chi connectivity index (χ1) is 8.02. The molecule has 1 nitrogen and oxygen atoms in total. The van der Waals surface area contributed by atoms with Gasteiger partial charge >= 0.3 is 0 Å². The van der Waals surface area contributed by atoms with Crippen molar-refractivity contribution >= 4 is 29.3 Å². The number of benzene rings is 1. The van der Waals surface area contributed by atoms with Gasteiger partial charge in [0.05, 0.1) is 10.0 Å². The van der Waals surface area contributed by atoms with Gasteiger partial charge in [-0.25, -0.2) is 0 Å². The Bertz CT molecular complexity index is 397. The maximum absolute atomic E-state index is 5.99. The van der Waals surface area contributed by atoms with Crippen LogP contribution in [0.2, 0.25) is 10.0 Å². The van der Waals surface area contributed by atoms with Crippen molar-refractivity contribution < 1.29 is 0 Å². The van der Waals surface area contributed by atoms with Crippen molar-refractivity contribution in [2.24, 2.45) is 0 Å². The Kier molecular flexibility index (Phi) is 6.04. The summed E-state index contributed by atoms with van der Waals surface area (Å²) in [7, 11) is 0. The maximum Gasteiger partial charge on any atom is 0.0598 e. The molecule has 0 aliphatic heterocycles. The second-order valence-electron chi connectivity index (χ2n) is 4.37. The Morgan fingerprint density at radius 3 is 2.53 bits per heavy atom. The molecule has 0 spiro atoms. The van der Waals surface area contributed by atoms with Crippen LogP contribution < -0.4 is 5.32 Å². The van der Waals surface area contributed by atoms with Gasteiger partial charge in [0, 0.05) is 12.6 Å². The van der Waals surface area contributed by atoms with Gasteiger partial charge in [-0.15, -0.1) is 0 Å². The van der Waals surface area contributed by atoms with Gasteiger partial charge in [0.1, 0.15) is 0 Å². The van der Waals surface area contributed by atoms with Crippen molar-refractivity contribution in [2.45, 2.75) is 33.2 Å².